The average molecular weight is 233 g/mol. The van der Waals surface area contributed by atoms with Gasteiger partial charge in [-0.15, -0.1) is 0 Å². The van der Waals surface area contributed by atoms with E-state index in [2.05, 4.69) is 0 Å². The standard InChI is InChI=1S/C13H15NO3/c1-13(2,3)11(15)14-10-6-4-9(5-7-10)8-17-12(14)16/h4-7H,8H2,1-3H3. The van der Waals surface area contributed by atoms with Crippen LogP contribution in [0.5, 0.6) is 0 Å². The number of hydrogen-bond acceptors (Lipinski definition) is 3. The number of hydrogen-bond donors (Lipinski definition) is 0. The van der Waals surface area contributed by atoms with Crippen LogP contribution in [0.1, 0.15) is 26.3 Å². The molecule has 0 N–H and O–H groups in total. The smallest absolute Gasteiger partial charge is 0.421 e. The molecule has 0 atom stereocenters. The van der Waals surface area contributed by atoms with E-state index < -0.39 is 11.5 Å². The molecule has 1 aromatic carbocycles. The molecule has 2 heterocycles. The van der Waals surface area contributed by atoms with Crippen molar-refractivity contribution >= 4 is 17.7 Å². The number of amides is 2. The van der Waals surface area contributed by atoms with Gasteiger partial charge in [-0.2, -0.15) is 0 Å². The van der Waals surface area contributed by atoms with Gasteiger partial charge in [0.05, 0.1) is 5.69 Å². The van der Waals surface area contributed by atoms with Crippen LogP contribution in [0.4, 0.5) is 10.5 Å². The lowest BCUT2D eigenvalue weighted by atomic mass is 9.94. The second kappa shape index (κ2) is 3.87. The van der Waals surface area contributed by atoms with Gasteiger partial charge in [-0.25, -0.2) is 9.69 Å². The minimum atomic E-state index is -0.628. The molecule has 0 radical (unpaired) electrons. The molecule has 0 aromatic heterocycles. The van der Waals surface area contributed by atoms with Crippen LogP contribution in [-0.4, -0.2) is 12.0 Å². The highest BCUT2D eigenvalue weighted by atomic mass is 16.6. The van der Waals surface area contributed by atoms with Crippen LogP contribution in [-0.2, 0) is 16.1 Å². The fraction of sp³-hybridized carbons (Fsp3) is 0.385. The number of imide groups is 1. The quantitative estimate of drug-likeness (QED) is 0.692. The summed E-state index contributed by atoms with van der Waals surface area (Å²) in [6, 6.07) is 7.23. The van der Waals surface area contributed by atoms with E-state index in [1.807, 2.05) is 12.1 Å². The first-order valence-corrected chi connectivity index (χ1v) is 5.50. The first kappa shape index (κ1) is 11.6. The minimum absolute atomic E-state index is 0.201. The summed E-state index contributed by atoms with van der Waals surface area (Å²) in [4.78, 5) is 25.1. The Morgan fingerprint density at radius 3 is 2.35 bits per heavy atom. The highest BCUT2D eigenvalue weighted by molar-refractivity contribution is 6.14. The number of nitrogens with zero attached hydrogens (tertiary/aromatic N) is 1. The van der Waals surface area contributed by atoms with Crippen LogP contribution in [0.25, 0.3) is 0 Å². The average Bonchev–Trinajstić information content (AvgIpc) is 2.24. The van der Waals surface area contributed by atoms with Gasteiger partial charge in [0, 0.05) is 5.41 Å². The minimum Gasteiger partial charge on any atom is -0.444 e. The molecular formula is C13H15NO3. The Bertz CT molecular complexity index is 457. The van der Waals surface area contributed by atoms with Gasteiger partial charge >= 0.3 is 6.09 Å². The maximum absolute atomic E-state index is 12.2. The number of rotatable bonds is 0. The largest absolute Gasteiger partial charge is 0.444 e. The molecule has 0 unspecified atom stereocenters. The Morgan fingerprint density at radius 1 is 1.24 bits per heavy atom. The molecule has 0 saturated carbocycles. The molecule has 2 aliphatic heterocycles. The fourth-order valence-electron chi connectivity index (χ4n) is 1.59. The van der Waals surface area contributed by atoms with Crippen molar-refractivity contribution in [3.8, 4) is 0 Å². The molecule has 0 fully saturated rings. The number of fused-ring (bicyclic) bond motifs is 5. The van der Waals surface area contributed by atoms with E-state index >= 15 is 0 Å². The maximum Gasteiger partial charge on any atom is 0.421 e. The van der Waals surface area contributed by atoms with Crippen molar-refractivity contribution in [1.82, 2.24) is 0 Å². The molecule has 2 bridgehead atoms. The van der Waals surface area contributed by atoms with Gasteiger partial charge in [0.2, 0.25) is 5.91 Å². The van der Waals surface area contributed by atoms with E-state index in [0.29, 0.717) is 5.69 Å². The van der Waals surface area contributed by atoms with E-state index in [1.165, 1.54) is 0 Å². The van der Waals surface area contributed by atoms with Gasteiger partial charge in [-0.1, -0.05) is 32.9 Å². The summed E-state index contributed by atoms with van der Waals surface area (Å²) < 4.78 is 5.05. The summed E-state index contributed by atoms with van der Waals surface area (Å²) in [6.07, 6.45) is -0.605. The molecule has 2 aliphatic rings. The SMILES string of the molecule is CC(C)(C)C(=O)N1C(=O)OCc2ccc1cc2. The third-order valence-electron chi connectivity index (χ3n) is 2.58. The van der Waals surface area contributed by atoms with Crippen molar-refractivity contribution in [1.29, 1.82) is 0 Å². The van der Waals surface area contributed by atoms with Gasteiger partial charge in [-0.3, -0.25) is 4.79 Å². The Morgan fingerprint density at radius 2 is 1.82 bits per heavy atom. The van der Waals surface area contributed by atoms with Crippen molar-refractivity contribution in [3.63, 3.8) is 0 Å². The van der Waals surface area contributed by atoms with Crippen LogP contribution in [0.15, 0.2) is 24.3 Å². The summed E-state index contributed by atoms with van der Waals surface area (Å²) >= 11 is 0. The van der Waals surface area contributed by atoms with E-state index in [-0.39, 0.29) is 12.5 Å². The summed E-state index contributed by atoms with van der Waals surface area (Å²) in [5.74, 6) is -0.267. The zero-order chi connectivity index (χ0) is 12.6. The maximum atomic E-state index is 12.2. The van der Waals surface area contributed by atoms with Gasteiger partial charge in [-0.05, 0) is 17.7 Å². The van der Waals surface area contributed by atoms with E-state index in [9.17, 15) is 9.59 Å². The molecule has 1 aromatic rings. The molecule has 4 heteroatoms. The lowest BCUT2D eigenvalue weighted by Crippen LogP contribution is -2.44. The molecule has 2 amide bonds. The van der Waals surface area contributed by atoms with E-state index in [1.54, 1.807) is 32.9 Å². The van der Waals surface area contributed by atoms with Crippen molar-refractivity contribution in [2.24, 2.45) is 5.41 Å². The Hall–Kier alpha value is -1.84. The van der Waals surface area contributed by atoms with Crippen LogP contribution < -0.4 is 4.90 Å². The monoisotopic (exact) mass is 233 g/mol. The van der Waals surface area contributed by atoms with Crippen LogP contribution in [0, 0.1) is 5.41 Å². The lowest BCUT2D eigenvalue weighted by molar-refractivity contribution is -0.125. The van der Waals surface area contributed by atoms with Crippen molar-refractivity contribution < 1.29 is 14.3 Å². The lowest BCUT2D eigenvalue weighted by Gasteiger charge is -2.28. The second-order valence-electron chi connectivity index (χ2n) is 5.11. The number of anilines is 1. The first-order chi connectivity index (χ1) is 7.89. The van der Waals surface area contributed by atoms with E-state index in [4.69, 9.17) is 4.74 Å². The molecule has 0 spiro atoms. The number of carbonyl (C=O) groups excluding carboxylic acids is 2. The summed E-state index contributed by atoms with van der Waals surface area (Å²) in [5, 5.41) is 0. The zero-order valence-corrected chi connectivity index (χ0v) is 10.2. The van der Waals surface area contributed by atoms with Crippen LogP contribution in [0.3, 0.4) is 0 Å². The molecule has 4 nitrogen and oxygen atoms in total. The van der Waals surface area contributed by atoms with Gasteiger partial charge in [0.1, 0.15) is 6.61 Å². The third-order valence-corrected chi connectivity index (χ3v) is 2.58. The Kier molecular flexibility index (Phi) is 2.65. The molecule has 0 aliphatic carbocycles. The predicted molar refractivity (Wildman–Crippen MR) is 63.6 cm³/mol. The molecule has 0 saturated heterocycles. The Balaban J connectivity index is 2.45. The van der Waals surface area contributed by atoms with Gasteiger partial charge in [0.25, 0.3) is 0 Å². The topological polar surface area (TPSA) is 46.6 Å². The zero-order valence-electron chi connectivity index (χ0n) is 10.2. The van der Waals surface area contributed by atoms with Crippen LogP contribution in [0.2, 0.25) is 0 Å². The summed E-state index contributed by atoms with van der Waals surface area (Å²) in [7, 11) is 0. The van der Waals surface area contributed by atoms with Crippen molar-refractivity contribution in [2.75, 3.05) is 4.90 Å². The highest BCUT2D eigenvalue weighted by Gasteiger charge is 2.34. The Labute approximate surface area is 100 Å². The highest BCUT2D eigenvalue weighted by Crippen LogP contribution is 2.26. The van der Waals surface area contributed by atoms with E-state index in [0.717, 1.165) is 10.5 Å². The summed E-state index contributed by atoms with van der Waals surface area (Å²) in [5.41, 5.74) is 0.847. The number of ether oxygens (including phenoxy) is 1. The van der Waals surface area contributed by atoms with Gasteiger partial charge < -0.3 is 4.74 Å². The fourth-order valence-corrected chi connectivity index (χ4v) is 1.59. The van der Waals surface area contributed by atoms with Crippen LogP contribution >= 0.6 is 0 Å². The second-order valence-corrected chi connectivity index (χ2v) is 5.11. The molecular weight excluding hydrogens is 218 g/mol. The number of benzene rings is 1. The van der Waals surface area contributed by atoms with Crippen molar-refractivity contribution in [3.05, 3.63) is 29.8 Å². The molecule has 17 heavy (non-hydrogen) atoms. The van der Waals surface area contributed by atoms with Gasteiger partial charge in [0.15, 0.2) is 0 Å². The third kappa shape index (κ3) is 2.16. The normalized spacial score (nSPS) is 15.2. The summed E-state index contributed by atoms with van der Waals surface area (Å²) in [6.45, 7) is 5.52. The molecule has 90 valence electrons. The number of carbonyl (C=O) groups is 2. The first-order valence-electron chi connectivity index (χ1n) is 5.50. The molecule has 3 rings (SSSR count). The predicted octanol–water partition coefficient (Wildman–Crippen LogP) is 2.72. The van der Waals surface area contributed by atoms with Crippen molar-refractivity contribution in [2.45, 2.75) is 27.4 Å².